The predicted octanol–water partition coefficient (Wildman–Crippen LogP) is 2.57. The van der Waals surface area contributed by atoms with Gasteiger partial charge in [0.05, 0.1) is 18.4 Å². The summed E-state index contributed by atoms with van der Waals surface area (Å²) in [4.78, 5) is 25.4. The molecule has 2 amide bonds. The van der Waals surface area contributed by atoms with Gasteiger partial charge in [0.1, 0.15) is 11.6 Å². The number of rotatable bonds is 9. The molecule has 2 atom stereocenters. The van der Waals surface area contributed by atoms with E-state index in [4.69, 9.17) is 0 Å². The van der Waals surface area contributed by atoms with Crippen molar-refractivity contribution in [2.45, 2.75) is 24.8 Å². The number of carbonyl (C=O) groups is 2. The highest BCUT2D eigenvalue weighted by Crippen LogP contribution is 2.19. The van der Waals surface area contributed by atoms with Crippen molar-refractivity contribution in [2.24, 2.45) is 0 Å². The number of hydrogen-bond acceptors (Lipinski definition) is 4. The van der Waals surface area contributed by atoms with Crippen molar-refractivity contribution >= 4 is 18.9 Å². The molecule has 0 aliphatic rings. The van der Waals surface area contributed by atoms with Crippen LogP contribution in [0.4, 0.5) is 8.78 Å². The molecule has 33 heavy (non-hydrogen) atoms. The first-order valence-corrected chi connectivity index (χ1v) is 10.3. The van der Waals surface area contributed by atoms with Crippen LogP contribution in [0.15, 0.2) is 78.9 Å². The summed E-state index contributed by atoms with van der Waals surface area (Å²) in [7, 11) is -1.87. The highest BCUT2D eigenvalue weighted by Gasteiger charge is 2.27. The molecule has 0 spiro atoms. The second-order valence-corrected chi connectivity index (χ2v) is 7.57. The highest BCUT2D eigenvalue weighted by atomic mass is 19.1. The Morgan fingerprint density at radius 1 is 0.848 bits per heavy atom. The van der Waals surface area contributed by atoms with Crippen molar-refractivity contribution in [3.63, 3.8) is 0 Å². The first-order valence-electron chi connectivity index (χ1n) is 10.3. The molecule has 170 valence electrons. The third-order valence-corrected chi connectivity index (χ3v) is 5.06. The van der Waals surface area contributed by atoms with Crippen molar-refractivity contribution in [1.82, 2.24) is 10.6 Å². The molecule has 9 heteroatoms. The third kappa shape index (κ3) is 7.23. The molecule has 0 aromatic heterocycles. The molecule has 0 saturated carbocycles. The zero-order valence-electron chi connectivity index (χ0n) is 17.6. The molecule has 3 aromatic rings. The van der Waals surface area contributed by atoms with Gasteiger partial charge in [0.15, 0.2) is 0 Å². The van der Waals surface area contributed by atoms with Gasteiger partial charge in [-0.05, 0) is 53.9 Å². The second kappa shape index (κ2) is 11.4. The van der Waals surface area contributed by atoms with Crippen LogP contribution in [-0.4, -0.2) is 34.9 Å². The molecule has 0 heterocycles. The zero-order valence-corrected chi connectivity index (χ0v) is 17.6. The van der Waals surface area contributed by atoms with Gasteiger partial charge in [0, 0.05) is 5.56 Å². The van der Waals surface area contributed by atoms with Crippen LogP contribution >= 0.6 is 0 Å². The van der Waals surface area contributed by atoms with Crippen molar-refractivity contribution < 1.29 is 28.4 Å². The monoisotopic (exact) mass is 452 g/mol. The molecule has 0 radical (unpaired) electrons. The summed E-state index contributed by atoms with van der Waals surface area (Å²) in [5.41, 5.74) is 1.35. The van der Waals surface area contributed by atoms with E-state index >= 15 is 0 Å². The number of nitrogens with one attached hydrogen (secondary N) is 2. The van der Waals surface area contributed by atoms with Gasteiger partial charge in [-0.1, -0.05) is 42.5 Å². The Morgan fingerprint density at radius 3 is 2.18 bits per heavy atom. The number of carbonyl (C=O) groups excluding carboxylic acids is 2. The molecule has 0 bridgehead atoms. The van der Waals surface area contributed by atoms with E-state index in [-0.39, 0.29) is 12.8 Å². The molecular formula is C24H23BF2N2O4. The van der Waals surface area contributed by atoms with Gasteiger partial charge in [-0.2, -0.15) is 0 Å². The molecule has 1 unspecified atom stereocenters. The first-order chi connectivity index (χ1) is 15.8. The summed E-state index contributed by atoms with van der Waals surface area (Å²) in [5, 5.41) is 24.7. The SMILES string of the molecule is O=C(CC(NC(=O)c1ccccc1)c1cccc(F)c1)N[C@@H](Cc1ccc(F)cc1)B(O)O. The van der Waals surface area contributed by atoms with Crippen LogP contribution in [0.3, 0.4) is 0 Å². The van der Waals surface area contributed by atoms with Crippen LogP contribution < -0.4 is 10.6 Å². The minimum atomic E-state index is -1.87. The molecule has 6 nitrogen and oxygen atoms in total. The van der Waals surface area contributed by atoms with Crippen molar-refractivity contribution in [3.05, 3.63) is 107 Å². The summed E-state index contributed by atoms with van der Waals surface area (Å²) in [6.45, 7) is 0. The fourth-order valence-corrected chi connectivity index (χ4v) is 3.36. The highest BCUT2D eigenvalue weighted by molar-refractivity contribution is 6.43. The Morgan fingerprint density at radius 2 is 1.55 bits per heavy atom. The summed E-state index contributed by atoms with van der Waals surface area (Å²) in [6.07, 6.45) is -0.223. The summed E-state index contributed by atoms with van der Waals surface area (Å²) in [6, 6.07) is 18.5. The Labute approximate surface area is 190 Å². The molecule has 4 N–H and O–H groups in total. The summed E-state index contributed by atoms with van der Waals surface area (Å²) >= 11 is 0. The minimum absolute atomic E-state index is 0.0463. The lowest BCUT2D eigenvalue weighted by Crippen LogP contribution is -2.48. The lowest BCUT2D eigenvalue weighted by atomic mass is 9.76. The van der Waals surface area contributed by atoms with Gasteiger partial charge in [-0.3, -0.25) is 9.59 Å². The summed E-state index contributed by atoms with van der Waals surface area (Å²) in [5.74, 6) is -3.05. The molecule has 0 aliphatic carbocycles. The molecule has 3 aromatic carbocycles. The topological polar surface area (TPSA) is 98.7 Å². The van der Waals surface area contributed by atoms with E-state index in [1.54, 1.807) is 36.4 Å². The second-order valence-electron chi connectivity index (χ2n) is 7.57. The fourth-order valence-electron chi connectivity index (χ4n) is 3.36. The van der Waals surface area contributed by atoms with E-state index in [0.29, 0.717) is 16.7 Å². The van der Waals surface area contributed by atoms with Crippen molar-refractivity contribution in [1.29, 1.82) is 0 Å². The molecule has 0 aliphatic heterocycles. The molecular weight excluding hydrogens is 429 g/mol. The van der Waals surface area contributed by atoms with E-state index in [1.165, 1.54) is 42.5 Å². The van der Waals surface area contributed by atoms with Crippen LogP contribution in [0.25, 0.3) is 0 Å². The normalized spacial score (nSPS) is 12.5. The van der Waals surface area contributed by atoms with E-state index in [0.717, 1.165) is 0 Å². The van der Waals surface area contributed by atoms with Gasteiger partial charge in [-0.15, -0.1) is 0 Å². The number of amides is 2. The molecule has 0 saturated heterocycles. The van der Waals surface area contributed by atoms with E-state index in [2.05, 4.69) is 10.6 Å². The van der Waals surface area contributed by atoms with Gasteiger partial charge >= 0.3 is 7.12 Å². The number of halogens is 2. The van der Waals surface area contributed by atoms with Gasteiger partial charge in [0.25, 0.3) is 5.91 Å². The van der Waals surface area contributed by atoms with E-state index < -0.39 is 42.6 Å². The Hall–Kier alpha value is -3.56. The maximum absolute atomic E-state index is 13.8. The van der Waals surface area contributed by atoms with Crippen LogP contribution in [0.2, 0.25) is 0 Å². The van der Waals surface area contributed by atoms with E-state index in [1.807, 2.05) is 0 Å². The van der Waals surface area contributed by atoms with Crippen LogP contribution in [0, 0.1) is 11.6 Å². The van der Waals surface area contributed by atoms with Gasteiger partial charge in [-0.25, -0.2) is 8.78 Å². The zero-order chi connectivity index (χ0) is 23.8. The predicted molar refractivity (Wildman–Crippen MR) is 120 cm³/mol. The Bertz CT molecular complexity index is 1080. The van der Waals surface area contributed by atoms with Crippen LogP contribution in [0.5, 0.6) is 0 Å². The number of hydrogen-bond donors (Lipinski definition) is 4. The standard InChI is InChI=1S/C24H23BF2N2O4/c26-19-11-9-16(10-12-19)13-22(25(32)33)29-23(30)15-21(18-7-4-8-20(27)14-18)28-24(31)17-5-2-1-3-6-17/h1-12,14,21-22,32-33H,13,15H2,(H,28,31)(H,29,30)/t21?,22-/m0/s1. The molecule has 3 rings (SSSR count). The maximum Gasteiger partial charge on any atom is 0.475 e. The van der Waals surface area contributed by atoms with Crippen LogP contribution in [-0.2, 0) is 11.2 Å². The van der Waals surface area contributed by atoms with Crippen molar-refractivity contribution in [2.75, 3.05) is 0 Å². The summed E-state index contributed by atoms with van der Waals surface area (Å²) < 4.78 is 26.9. The smallest absolute Gasteiger partial charge is 0.426 e. The lowest BCUT2D eigenvalue weighted by Gasteiger charge is -2.22. The lowest BCUT2D eigenvalue weighted by molar-refractivity contribution is -0.122. The maximum atomic E-state index is 13.8. The Kier molecular flexibility index (Phi) is 8.29. The Balaban J connectivity index is 1.73. The quantitative estimate of drug-likeness (QED) is 0.375. The number of benzene rings is 3. The average molecular weight is 452 g/mol. The average Bonchev–Trinajstić information content (AvgIpc) is 2.80. The van der Waals surface area contributed by atoms with Gasteiger partial charge < -0.3 is 20.7 Å². The van der Waals surface area contributed by atoms with Crippen molar-refractivity contribution in [3.8, 4) is 0 Å². The van der Waals surface area contributed by atoms with E-state index in [9.17, 15) is 28.4 Å². The first kappa shape index (κ1) is 24.1. The minimum Gasteiger partial charge on any atom is -0.426 e. The van der Waals surface area contributed by atoms with Gasteiger partial charge in [0.2, 0.25) is 5.91 Å². The fraction of sp³-hybridized carbons (Fsp3) is 0.167. The largest absolute Gasteiger partial charge is 0.475 e. The third-order valence-electron chi connectivity index (χ3n) is 5.06. The van der Waals surface area contributed by atoms with Crippen LogP contribution in [0.1, 0.15) is 33.9 Å². The molecule has 0 fully saturated rings.